The standard InChI is InChI=1S/C17H11N3O2/c21-16-17(20-14-8-4-3-7-13(14)19-16)22-15-10-9-11-5-1-2-6-12(11)18-15/h1-10H,(H,19,21). The van der Waals surface area contributed by atoms with Crippen LogP contribution in [0.25, 0.3) is 21.9 Å². The van der Waals surface area contributed by atoms with Crippen molar-refractivity contribution in [2.24, 2.45) is 0 Å². The van der Waals surface area contributed by atoms with E-state index in [0.717, 1.165) is 10.9 Å². The lowest BCUT2D eigenvalue weighted by Gasteiger charge is -2.05. The van der Waals surface area contributed by atoms with E-state index in [1.807, 2.05) is 48.5 Å². The molecule has 0 radical (unpaired) electrons. The first kappa shape index (κ1) is 12.5. The summed E-state index contributed by atoms with van der Waals surface area (Å²) >= 11 is 0. The summed E-state index contributed by atoms with van der Waals surface area (Å²) in [6.07, 6.45) is 0. The predicted molar refractivity (Wildman–Crippen MR) is 84.2 cm³/mol. The summed E-state index contributed by atoms with van der Waals surface area (Å²) in [4.78, 5) is 23.4. The van der Waals surface area contributed by atoms with Crippen molar-refractivity contribution in [2.75, 3.05) is 0 Å². The van der Waals surface area contributed by atoms with Gasteiger partial charge in [-0.15, -0.1) is 0 Å². The number of aromatic nitrogens is 3. The van der Waals surface area contributed by atoms with Crippen molar-refractivity contribution in [3.05, 3.63) is 71.0 Å². The monoisotopic (exact) mass is 289 g/mol. The largest absolute Gasteiger partial charge is 0.416 e. The first-order valence-corrected chi connectivity index (χ1v) is 6.82. The lowest BCUT2D eigenvalue weighted by atomic mass is 10.2. The Balaban J connectivity index is 1.78. The minimum Gasteiger partial charge on any atom is -0.416 e. The Hall–Kier alpha value is -3.21. The van der Waals surface area contributed by atoms with E-state index in [1.54, 1.807) is 12.1 Å². The molecule has 0 amide bonds. The van der Waals surface area contributed by atoms with Gasteiger partial charge in [-0.25, -0.2) is 9.97 Å². The molecule has 1 N–H and O–H groups in total. The van der Waals surface area contributed by atoms with Gasteiger partial charge in [0.2, 0.25) is 5.88 Å². The second-order valence-electron chi connectivity index (χ2n) is 4.83. The Morgan fingerprint density at radius 3 is 2.50 bits per heavy atom. The molecular weight excluding hydrogens is 278 g/mol. The van der Waals surface area contributed by atoms with Gasteiger partial charge >= 0.3 is 5.56 Å². The van der Waals surface area contributed by atoms with Crippen molar-refractivity contribution >= 4 is 21.9 Å². The summed E-state index contributed by atoms with van der Waals surface area (Å²) in [7, 11) is 0. The van der Waals surface area contributed by atoms with Crippen LogP contribution in [0.3, 0.4) is 0 Å². The minimum absolute atomic E-state index is 0.0125. The fourth-order valence-corrected chi connectivity index (χ4v) is 2.29. The fraction of sp³-hybridized carbons (Fsp3) is 0. The van der Waals surface area contributed by atoms with Crippen LogP contribution in [0, 0.1) is 0 Å². The van der Waals surface area contributed by atoms with Gasteiger partial charge in [0.15, 0.2) is 0 Å². The molecule has 0 unspecified atom stereocenters. The van der Waals surface area contributed by atoms with Gasteiger partial charge < -0.3 is 9.72 Å². The maximum atomic E-state index is 12.0. The molecule has 4 aromatic rings. The van der Waals surface area contributed by atoms with Crippen LogP contribution in [0.1, 0.15) is 0 Å². The van der Waals surface area contributed by atoms with E-state index in [2.05, 4.69) is 15.0 Å². The molecule has 22 heavy (non-hydrogen) atoms. The molecule has 4 rings (SSSR count). The smallest absolute Gasteiger partial charge is 0.311 e. The van der Waals surface area contributed by atoms with E-state index in [4.69, 9.17) is 4.74 Å². The van der Waals surface area contributed by atoms with Gasteiger partial charge in [0.05, 0.1) is 16.6 Å². The molecule has 0 aliphatic rings. The molecule has 2 aromatic carbocycles. The normalized spacial score (nSPS) is 10.9. The van der Waals surface area contributed by atoms with Crippen LogP contribution < -0.4 is 10.3 Å². The molecule has 0 saturated carbocycles. The van der Waals surface area contributed by atoms with Crippen LogP contribution in [-0.4, -0.2) is 15.0 Å². The van der Waals surface area contributed by atoms with Crippen molar-refractivity contribution in [1.82, 2.24) is 15.0 Å². The summed E-state index contributed by atoms with van der Waals surface area (Å²) in [5.74, 6) is 0.327. The van der Waals surface area contributed by atoms with Crippen molar-refractivity contribution in [3.63, 3.8) is 0 Å². The highest BCUT2D eigenvalue weighted by Crippen LogP contribution is 2.20. The molecule has 5 nitrogen and oxygen atoms in total. The first-order valence-electron chi connectivity index (χ1n) is 6.82. The van der Waals surface area contributed by atoms with Gasteiger partial charge in [-0.3, -0.25) is 4.79 Å². The summed E-state index contributed by atoms with van der Waals surface area (Å²) in [6, 6.07) is 18.6. The van der Waals surface area contributed by atoms with Crippen LogP contribution >= 0.6 is 0 Å². The number of rotatable bonds is 2. The minimum atomic E-state index is -0.381. The molecule has 0 bridgehead atoms. The number of hydrogen-bond acceptors (Lipinski definition) is 4. The molecule has 0 aliphatic heterocycles. The third kappa shape index (κ3) is 2.18. The van der Waals surface area contributed by atoms with Crippen molar-refractivity contribution in [2.45, 2.75) is 0 Å². The molecule has 106 valence electrons. The Kier molecular flexibility index (Phi) is 2.83. The number of pyridine rings is 1. The van der Waals surface area contributed by atoms with Crippen LogP contribution in [0.15, 0.2) is 65.5 Å². The quantitative estimate of drug-likeness (QED) is 0.615. The highest BCUT2D eigenvalue weighted by molar-refractivity contribution is 5.79. The van der Waals surface area contributed by atoms with Crippen LogP contribution in [0.4, 0.5) is 0 Å². The molecule has 0 spiro atoms. The molecule has 5 heteroatoms. The van der Waals surface area contributed by atoms with E-state index in [0.29, 0.717) is 16.9 Å². The zero-order valence-electron chi connectivity index (χ0n) is 11.5. The zero-order valence-corrected chi connectivity index (χ0v) is 11.5. The fourth-order valence-electron chi connectivity index (χ4n) is 2.29. The average Bonchev–Trinajstić information content (AvgIpc) is 2.55. The Labute approximate surface area is 125 Å². The van der Waals surface area contributed by atoms with Crippen molar-refractivity contribution in [1.29, 1.82) is 0 Å². The molecule has 2 aromatic heterocycles. The van der Waals surface area contributed by atoms with Crippen molar-refractivity contribution in [3.8, 4) is 11.8 Å². The maximum absolute atomic E-state index is 12.0. The number of nitrogens with one attached hydrogen (secondary N) is 1. The average molecular weight is 289 g/mol. The van der Waals surface area contributed by atoms with E-state index in [1.165, 1.54) is 0 Å². The number of ether oxygens (including phenoxy) is 1. The SMILES string of the molecule is O=c1[nH]c2ccccc2nc1Oc1ccc2ccccc2n1. The number of aromatic amines is 1. The Bertz CT molecular complexity index is 1040. The van der Waals surface area contributed by atoms with Gasteiger partial charge in [-0.1, -0.05) is 30.3 Å². The van der Waals surface area contributed by atoms with Crippen LogP contribution in [-0.2, 0) is 0 Å². The lowest BCUT2D eigenvalue weighted by molar-refractivity contribution is 0.441. The van der Waals surface area contributed by atoms with Gasteiger partial charge in [-0.2, -0.15) is 0 Å². The van der Waals surface area contributed by atoms with Crippen molar-refractivity contribution < 1.29 is 4.74 Å². The van der Waals surface area contributed by atoms with Gasteiger partial charge in [0.25, 0.3) is 5.88 Å². The van der Waals surface area contributed by atoms with E-state index in [9.17, 15) is 4.79 Å². The summed E-state index contributed by atoms with van der Waals surface area (Å²) in [5, 5.41) is 1.01. The number of fused-ring (bicyclic) bond motifs is 2. The molecular formula is C17H11N3O2. The second-order valence-corrected chi connectivity index (χ2v) is 4.83. The number of para-hydroxylation sites is 3. The molecule has 0 fully saturated rings. The zero-order chi connectivity index (χ0) is 14.9. The number of nitrogens with zero attached hydrogens (tertiary/aromatic N) is 2. The molecule has 0 aliphatic carbocycles. The molecule has 2 heterocycles. The predicted octanol–water partition coefficient (Wildman–Crippen LogP) is 3.26. The van der Waals surface area contributed by atoms with Crippen LogP contribution in [0.5, 0.6) is 11.8 Å². The van der Waals surface area contributed by atoms with Gasteiger partial charge in [0.1, 0.15) is 0 Å². The van der Waals surface area contributed by atoms with Gasteiger partial charge in [-0.05, 0) is 24.3 Å². The number of benzene rings is 2. The summed E-state index contributed by atoms with van der Waals surface area (Å²) in [6.45, 7) is 0. The highest BCUT2D eigenvalue weighted by atomic mass is 16.5. The van der Waals surface area contributed by atoms with Gasteiger partial charge in [0, 0.05) is 11.5 Å². The number of H-pyrrole nitrogens is 1. The maximum Gasteiger partial charge on any atom is 0.311 e. The Morgan fingerprint density at radius 2 is 1.59 bits per heavy atom. The van der Waals surface area contributed by atoms with E-state index < -0.39 is 0 Å². The third-order valence-corrected chi connectivity index (χ3v) is 3.34. The van der Waals surface area contributed by atoms with E-state index in [-0.39, 0.29) is 11.4 Å². The second kappa shape index (κ2) is 4.96. The lowest BCUT2D eigenvalue weighted by Crippen LogP contribution is -2.11. The van der Waals surface area contributed by atoms with Crippen LogP contribution in [0.2, 0.25) is 0 Å². The third-order valence-electron chi connectivity index (χ3n) is 3.34. The summed E-state index contributed by atoms with van der Waals surface area (Å²) < 4.78 is 5.56. The molecule has 0 saturated heterocycles. The van der Waals surface area contributed by atoms with E-state index >= 15 is 0 Å². The number of hydrogen-bond donors (Lipinski definition) is 1. The summed E-state index contributed by atoms with van der Waals surface area (Å²) in [5.41, 5.74) is 1.76. The first-order chi connectivity index (χ1) is 10.8. The molecule has 0 atom stereocenters. The topological polar surface area (TPSA) is 67.9 Å². The highest BCUT2D eigenvalue weighted by Gasteiger charge is 2.08. The Morgan fingerprint density at radius 1 is 0.818 bits per heavy atom.